The van der Waals surface area contributed by atoms with Gasteiger partial charge in [-0.25, -0.2) is 9.69 Å². The van der Waals surface area contributed by atoms with Crippen LogP contribution in [0.15, 0.2) is 87.3 Å². The first-order chi connectivity index (χ1) is 15.4. The summed E-state index contributed by atoms with van der Waals surface area (Å²) in [6, 6.07) is 20.9. The van der Waals surface area contributed by atoms with E-state index in [1.165, 1.54) is 6.08 Å². The Hall–Kier alpha value is -3.23. The zero-order chi connectivity index (χ0) is 22.7. The number of rotatable bonds is 5. The highest BCUT2D eigenvalue weighted by Crippen LogP contribution is 2.36. The van der Waals surface area contributed by atoms with Gasteiger partial charge in [0.2, 0.25) is 0 Å². The highest BCUT2D eigenvalue weighted by Gasteiger charge is 2.36. The summed E-state index contributed by atoms with van der Waals surface area (Å²) in [5, 5.41) is 2.22. The first-order valence-corrected chi connectivity index (χ1v) is 11.1. The fourth-order valence-corrected chi connectivity index (χ4v) is 4.62. The molecule has 1 aliphatic heterocycles. The zero-order valence-electron chi connectivity index (χ0n) is 16.5. The van der Waals surface area contributed by atoms with Crippen molar-refractivity contribution in [2.75, 3.05) is 4.90 Å². The van der Waals surface area contributed by atoms with Crippen LogP contribution in [-0.2, 0) is 16.2 Å². The molecule has 3 aromatic rings. The molecule has 0 aliphatic carbocycles. The number of imide groups is 2. The van der Waals surface area contributed by atoms with E-state index in [1.54, 1.807) is 42.5 Å². The van der Waals surface area contributed by atoms with E-state index < -0.39 is 17.8 Å². The van der Waals surface area contributed by atoms with Gasteiger partial charge in [0.05, 0.1) is 14.6 Å². The smallest absolute Gasteiger partial charge is 0.335 e. The third kappa shape index (κ3) is 4.66. The summed E-state index contributed by atoms with van der Waals surface area (Å²) in [5.41, 5.74) is 1.83. The minimum atomic E-state index is -0.782. The lowest BCUT2D eigenvalue weighted by Crippen LogP contribution is -2.54. The first kappa shape index (κ1) is 22.0. The van der Waals surface area contributed by atoms with Crippen LogP contribution in [-0.4, -0.2) is 17.8 Å². The number of hydrogen-bond donors (Lipinski definition) is 1. The van der Waals surface area contributed by atoms with Crippen molar-refractivity contribution in [1.82, 2.24) is 5.32 Å². The summed E-state index contributed by atoms with van der Waals surface area (Å²) in [4.78, 5) is 38.6. The molecular formula is C24H16Br2N2O4. The lowest BCUT2D eigenvalue weighted by molar-refractivity contribution is -0.122. The van der Waals surface area contributed by atoms with E-state index in [4.69, 9.17) is 4.74 Å². The van der Waals surface area contributed by atoms with Gasteiger partial charge in [-0.3, -0.25) is 14.9 Å². The number of anilines is 1. The average Bonchev–Trinajstić information content (AvgIpc) is 2.77. The van der Waals surface area contributed by atoms with Gasteiger partial charge in [0.15, 0.2) is 0 Å². The van der Waals surface area contributed by atoms with Crippen LogP contribution in [0, 0.1) is 0 Å². The second-order valence-corrected chi connectivity index (χ2v) is 8.59. The molecule has 0 atom stereocenters. The predicted molar refractivity (Wildman–Crippen MR) is 128 cm³/mol. The number of carbonyl (C=O) groups excluding carboxylic acids is 3. The maximum absolute atomic E-state index is 13.0. The first-order valence-electron chi connectivity index (χ1n) is 9.56. The molecule has 0 spiro atoms. The fraction of sp³-hybridized carbons (Fsp3) is 0.0417. The van der Waals surface area contributed by atoms with Gasteiger partial charge in [-0.1, -0.05) is 48.5 Å². The van der Waals surface area contributed by atoms with Crippen LogP contribution >= 0.6 is 31.9 Å². The van der Waals surface area contributed by atoms with E-state index >= 15 is 0 Å². The largest absolute Gasteiger partial charge is 0.487 e. The zero-order valence-corrected chi connectivity index (χ0v) is 19.7. The van der Waals surface area contributed by atoms with Crippen molar-refractivity contribution in [2.24, 2.45) is 0 Å². The molecular weight excluding hydrogens is 540 g/mol. The molecule has 1 aliphatic rings. The molecule has 0 aromatic heterocycles. The van der Waals surface area contributed by atoms with Gasteiger partial charge >= 0.3 is 6.03 Å². The quantitative estimate of drug-likeness (QED) is 0.335. The van der Waals surface area contributed by atoms with Crippen LogP contribution in [0.25, 0.3) is 6.08 Å². The maximum atomic E-state index is 13.0. The number of nitrogens with one attached hydrogen (secondary N) is 1. The molecule has 1 N–H and O–H groups in total. The van der Waals surface area contributed by atoms with Crippen LogP contribution in [0.2, 0.25) is 0 Å². The van der Waals surface area contributed by atoms with Crippen molar-refractivity contribution in [3.8, 4) is 5.75 Å². The molecule has 4 amide bonds. The summed E-state index contributed by atoms with van der Waals surface area (Å²) in [7, 11) is 0. The van der Waals surface area contributed by atoms with Crippen LogP contribution in [0.4, 0.5) is 10.5 Å². The predicted octanol–water partition coefficient (Wildman–Crippen LogP) is 5.46. The van der Waals surface area contributed by atoms with E-state index in [-0.39, 0.29) is 5.57 Å². The maximum Gasteiger partial charge on any atom is 0.335 e. The Kier molecular flexibility index (Phi) is 6.53. The third-order valence-electron chi connectivity index (χ3n) is 4.67. The number of halogens is 2. The molecule has 8 heteroatoms. The van der Waals surface area contributed by atoms with Crippen molar-refractivity contribution in [1.29, 1.82) is 0 Å². The average molecular weight is 556 g/mol. The van der Waals surface area contributed by atoms with Gasteiger partial charge in [0, 0.05) is 0 Å². The van der Waals surface area contributed by atoms with Crippen LogP contribution in [0.1, 0.15) is 11.1 Å². The number of amides is 4. The molecule has 0 saturated carbocycles. The van der Waals surface area contributed by atoms with Gasteiger partial charge < -0.3 is 4.74 Å². The van der Waals surface area contributed by atoms with E-state index in [2.05, 4.69) is 37.2 Å². The summed E-state index contributed by atoms with van der Waals surface area (Å²) in [6.07, 6.45) is 1.44. The Bertz CT molecular complexity index is 1200. The minimum Gasteiger partial charge on any atom is -0.487 e. The van der Waals surface area contributed by atoms with E-state index in [0.717, 1.165) is 10.5 Å². The lowest BCUT2D eigenvalue weighted by Gasteiger charge is -2.26. The molecule has 32 heavy (non-hydrogen) atoms. The standard InChI is InChI=1S/C24H16Br2N2O4/c25-19-12-16(13-20(26)21(19)32-14-15-7-3-1-4-8-15)11-18-22(29)27-24(31)28(23(18)30)17-9-5-2-6-10-17/h1-13H,14H2,(H,27,29,31)/b18-11+. The molecule has 3 aromatic carbocycles. The number of ether oxygens (including phenoxy) is 1. The monoisotopic (exact) mass is 554 g/mol. The number of hydrogen-bond acceptors (Lipinski definition) is 4. The van der Waals surface area contributed by atoms with E-state index in [1.807, 2.05) is 30.3 Å². The van der Waals surface area contributed by atoms with Gasteiger partial charge in [-0.05, 0) is 73.3 Å². The van der Waals surface area contributed by atoms with Crippen molar-refractivity contribution in [3.63, 3.8) is 0 Å². The number of nitrogens with zero attached hydrogens (tertiary/aromatic N) is 1. The van der Waals surface area contributed by atoms with E-state index in [9.17, 15) is 14.4 Å². The highest BCUT2D eigenvalue weighted by molar-refractivity contribution is 9.11. The molecule has 1 fully saturated rings. The number of benzene rings is 3. The molecule has 6 nitrogen and oxygen atoms in total. The summed E-state index contributed by atoms with van der Waals surface area (Å²) >= 11 is 6.98. The number of urea groups is 1. The van der Waals surface area contributed by atoms with E-state index in [0.29, 0.717) is 32.6 Å². The number of carbonyl (C=O) groups is 3. The Labute approximate surface area is 201 Å². The molecule has 0 radical (unpaired) electrons. The SMILES string of the molecule is O=C1NC(=O)N(c2ccccc2)C(=O)/C1=C/c1cc(Br)c(OCc2ccccc2)c(Br)c1. The molecule has 4 rings (SSSR count). The Morgan fingerprint density at radius 3 is 2.09 bits per heavy atom. The van der Waals surface area contributed by atoms with Gasteiger partial charge in [0.25, 0.3) is 11.8 Å². The second kappa shape index (κ2) is 9.50. The molecule has 1 heterocycles. The normalized spacial score (nSPS) is 15.1. The molecule has 0 bridgehead atoms. The van der Waals surface area contributed by atoms with Crippen molar-refractivity contribution >= 4 is 61.5 Å². The topological polar surface area (TPSA) is 75.7 Å². The Morgan fingerprint density at radius 2 is 1.47 bits per heavy atom. The van der Waals surface area contributed by atoms with Gasteiger partial charge in [0.1, 0.15) is 17.9 Å². The summed E-state index contributed by atoms with van der Waals surface area (Å²) in [5.74, 6) is -0.845. The molecule has 1 saturated heterocycles. The van der Waals surface area contributed by atoms with Crippen LogP contribution < -0.4 is 15.0 Å². The molecule has 160 valence electrons. The van der Waals surface area contributed by atoms with Crippen molar-refractivity contribution in [3.05, 3.63) is 98.4 Å². The van der Waals surface area contributed by atoms with Crippen molar-refractivity contribution < 1.29 is 19.1 Å². The number of barbiturate groups is 1. The van der Waals surface area contributed by atoms with Crippen molar-refractivity contribution in [2.45, 2.75) is 6.61 Å². The molecule has 0 unspecified atom stereocenters. The Morgan fingerprint density at radius 1 is 0.875 bits per heavy atom. The number of para-hydroxylation sites is 1. The minimum absolute atomic E-state index is 0.148. The summed E-state index contributed by atoms with van der Waals surface area (Å²) < 4.78 is 7.21. The lowest BCUT2D eigenvalue weighted by atomic mass is 10.1. The third-order valence-corrected chi connectivity index (χ3v) is 5.85. The van der Waals surface area contributed by atoms with Crippen LogP contribution in [0.5, 0.6) is 5.75 Å². The second-order valence-electron chi connectivity index (χ2n) is 6.88. The highest BCUT2D eigenvalue weighted by atomic mass is 79.9. The Balaban J connectivity index is 1.61. The summed E-state index contributed by atoms with van der Waals surface area (Å²) in [6.45, 7) is 0.382. The van der Waals surface area contributed by atoms with Gasteiger partial charge in [-0.15, -0.1) is 0 Å². The van der Waals surface area contributed by atoms with Gasteiger partial charge in [-0.2, -0.15) is 0 Å². The fourth-order valence-electron chi connectivity index (χ4n) is 3.17. The van der Waals surface area contributed by atoms with Crippen LogP contribution in [0.3, 0.4) is 0 Å².